The fourth-order valence-electron chi connectivity index (χ4n) is 4.13. The zero-order chi connectivity index (χ0) is 20.8. The van der Waals surface area contributed by atoms with Crippen molar-refractivity contribution >= 4 is 17.5 Å². The molecule has 6 heteroatoms. The average Bonchev–Trinajstić information content (AvgIpc) is 3.21. The number of ether oxygens (including phenoxy) is 1. The Bertz CT molecular complexity index is 876. The number of piperidine rings is 1. The Morgan fingerprint density at radius 3 is 2.57 bits per heavy atom. The Balaban J connectivity index is 1.32. The number of nitrogens with one attached hydrogen (secondary N) is 2. The van der Waals surface area contributed by atoms with Crippen LogP contribution in [0, 0.1) is 0 Å². The minimum absolute atomic E-state index is 0.0512. The molecule has 0 bridgehead atoms. The molecule has 2 aliphatic heterocycles. The smallest absolute Gasteiger partial charge is 0.255 e. The molecule has 2 aliphatic rings. The Labute approximate surface area is 177 Å². The molecule has 1 unspecified atom stereocenters. The van der Waals surface area contributed by atoms with Gasteiger partial charge in [-0.2, -0.15) is 0 Å². The summed E-state index contributed by atoms with van der Waals surface area (Å²) in [5.74, 6) is 0.654. The normalized spacial score (nSPS) is 19.3. The summed E-state index contributed by atoms with van der Waals surface area (Å²) in [4.78, 5) is 26.7. The van der Waals surface area contributed by atoms with E-state index in [2.05, 4.69) is 15.5 Å². The molecule has 2 heterocycles. The molecular weight excluding hydrogens is 378 g/mol. The molecule has 0 saturated carbocycles. The van der Waals surface area contributed by atoms with Gasteiger partial charge in [0.2, 0.25) is 5.91 Å². The number of amides is 2. The van der Waals surface area contributed by atoms with Crippen molar-refractivity contribution in [3.63, 3.8) is 0 Å². The molecule has 0 spiro atoms. The van der Waals surface area contributed by atoms with Crippen molar-refractivity contribution in [1.29, 1.82) is 0 Å². The first-order chi connectivity index (χ1) is 14.7. The van der Waals surface area contributed by atoms with Crippen LogP contribution in [0.5, 0.6) is 5.75 Å². The van der Waals surface area contributed by atoms with E-state index < -0.39 is 0 Å². The van der Waals surface area contributed by atoms with E-state index in [1.807, 2.05) is 36.4 Å². The van der Waals surface area contributed by atoms with Gasteiger partial charge < -0.3 is 15.4 Å². The number of hydrogen-bond acceptors (Lipinski definition) is 4. The van der Waals surface area contributed by atoms with Gasteiger partial charge in [0.15, 0.2) is 0 Å². The quantitative estimate of drug-likeness (QED) is 0.733. The standard InChI is InChI=1S/C24H29N3O3/c28-23-13-12-22(25-23)20-6-2-3-7-21(20)26-24(29)18-8-10-19(11-9-18)30-17-16-27-14-4-1-5-15-27/h2-3,6-11,22H,1,4-5,12-17H2,(H,25,28)(H,26,29). The number of hydrogen-bond donors (Lipinski definition) is 2. The number of carbonyl (C=O) groups is 2. The molecule has 6 nitrogen and oxygen atoms in total. The summed E-state index contributed by atoms with van der Waals surface area (Å²) in [5, 5.41) is 5.95. The predicted octanol–water partition coefficient (Wildman–Crippen LogP) is 3.75. The van der Waals surface area contributed by atoms with Crippen LogP contribution in [0.1, 0.15) is 54.1 Å². The van der Waals surface area contributed by atoms with E-state index in [-0.39, 0.29) is 17.9 Å². The summed E-state index contributed by atoms with van der Waals surface area (Å²) in [6.07, 6.45) is 5.15. The first kappa shape index (κ1) is 20.4. The zero-order valence-electron chi connectivity index (χ0n) is 17.2. The van der Waals surface area contributed by atoms with E-state index in [0.717, 1.165) is 43.1 Å². The number of anilines is 1. The zero-order valence-corrected chi connectivity index (χ0v) is 17.2. The van der Waals surface area contributed by atoms with E-state index in [1.54, 1.807) is 12.1 Å². The highest BCUT2D eigenvalue weighted by atomic mass is 16.5. The van der Waals surface area contributed by atoms with Gasteiger partial charge in [0, 0.05) is 24.2 Å². The molecule has 2 N–H and O–H groups in total. The maximum atomic E-state index is 12.7. The van der Waals surface area contributed by atoms with Gasteiger partial charge in [-0.3, -0.25) is 14.5 Å². The summed E-state index contributed by atoms with van der Waals surface area (Å²) < 4.78 is 5.84. The van der Waals surface area contributed by atoms with Gasteiger partial charge in [-0.1, -0.05) is 24.6 Å². The molecular formula is C24H29N3O3. The second kappa shape index (κ2) is 9.76. The van der Waals surface area contributed by atoms with Crippen LogP contribution in [0.4, 0.5) is 5.69 Å². The summed E-state index contributed by atoms with van der Waals surface area (Å²) in [6.45, 7) is 3.92. The number of para-hydroxylation sites is 1. The van der Waals surface area contributed by atoms with Crippen molar-refractivity contribution in [2.75, 3.05) is 31.6 Å². The highest BCUT2D eigenvalue weighted by Gasteiger charge is 2.24. The highest BCUT2D eigenvalue weighted by Crippen LogP contribution is 2.30. The summed E-state index contributed by atoms with van der Waals surface area (Å²) in [6, 6.07) is 14.8. The lowest BCUT2D eigenvalue weighted by Gasteiger charge is -2.26. The summed E-state index contributed by atoms with van der Waals surface area (Å²) >= 11 is 0. The molecule has 2 aromatic carbocycles. The van der Waals surface area contributed by atoms with Gasteiger partial charge in [0.25, 0.3) is 5.91 Å². The van der Waals surface area contributed by atoms with Crippen LogP contribution in [-0.4, -0.2) is 43.0 Å². The molecule has 1 atom stereocenters. The fourth-order valence-corrected chi connectivity index (χ4v) is 4.13. The van der Waals surface area contributed by atoms with Gasteiger partial charge in [0.1, 0.15) is 12.4 Å². The van der Waals surface area contributed by atoms with Crippen molar-refractivity contribution in [3.05, 3.63) is 59.7 Å². The van der Waals surface area contributed by atoms with Gasteiger partial charge >= 0.3 is 0 Å². The maximum absolute atomic E-state index is 12.7. The molecule has 2 aromatic rings. The third kappa shape index (κ3) is 5.19. The Morgan fingerprint density at radius 1 is 1.07 bits per heavy atom. The van der Waals surface area contributed by atoms with Crippen molar-refractivity contribution in [1.82, 2.24) is 10.2 Å². The van der Waals surface area contributed by atoms with E-state index in [0.29, 0.717) is 18.6 Å². The minimum Gasteiger partial charge on any atom is -0.492 e. The fraction of sp³-hybridized carbons (Fsp3) is 0.417. The van der Waals surface area contributed by atoms with E-state index >= 15 is 0 Å². The van der Waals surface area contributed by atoms with Crippen molar-refractivity contribution in [2.24, 2.45) is 0 Å². The third-order valence-electron chi connectivity index (χ3n) is 5.82. The summed E-state index contributed by atoms with van der Waals surface area (Å²) in [7, 11) is 0. The monoisotopic (exact) mass is 407 g/mol. The van der Waals surface area contributed by atoms with Crippen LogP contribution >= 0.6 is 0 Å². The Hall–Kier alpha value is -2.86. The second-order valence-corrected chi connectivity index (χ2v) is 7.98. The average molecular weight is 408 g/mol. The number of likely N-dealkylation sites (tertiary alicyclic amines) is 1. The van der Waals surface area contributed by atoms with Crippen LogP contribution < -0.4 is 15.4 Å². The second-order valence-electron chi connectivity index (χ2n) is 7.98. The molecule has 0 radical (unpaired) electrons. The highest BCUT2D eigenvalue weighted by molar-refractivity contribution is 6.04. The lowest BCUT2D eigenvalue weighted by atomic mass is 10.0. The topological polar surface area (TPSA) is 70.7 Å². The molecule has 2 saturated heterocycles. The molecule has 0 aromatic heterocycles. The first-order valence-electron chi connectivity index (χ1n) is 10.8. The molecule has 0 aliphatic carbocycles. The molecule has 2 amide bonds. The van der Waals surface area contributed by atoms with E-state index in [1.165, 1.54) is 19.3 Å². The van der Waals surface area contributed by atoms with Crippen molar-refractivity contribution in [2.45, 2.75) is 38.1 Å². The molecule has 30 heavy (non-hydrogen) atoms. The molecule has 4 rings (SSSR count). The van der Waals surface area contributed by atoms with Crippen molar-refractivity contribution < 1.29 is 14.3 Å². The first-order valence-corrected chi connectivity index (χ1v) is 10.8. The number of carbonyl (C=O) groups excluding carboxylic acids is 2. The number of benzene rings is 2. The van der Waals surface area contributed by atoms with Gasteiger partial charge in [0.05, 0.1) is 6.04 Å². The van der Waals surface area contributed by atoms with Gasteiger partial charge in [-0.05, 0) is 68.2 Å². The number of rotatable bonds is 7. The van der Waals surface area contributed by atoms with Crippen LogP contribution in [0.2, 0.25) is 0 Å². The van der Waals surface area contributed by atoms with E-state index in [9.17, 15) is 9.59 Å². The van der Waals surface area contributed by atoms with Crippen LogP contribution in [-0.2, 0) is 4.79 Å². The van der Waals surface area contributed by atoms with Crippen LogP contribution in [0.15, 0.2) is 48.5 Å². The Kier molecular flexibility index (Phi) is 6.64. The largest absolute Gasteiger partial charge is 0.492 e. The predicted molar refractivity (Wildman–Crippen MR) is 117 cm³/mol. The maximum Gasteiger partial charge on any atom is 0.255 e. The lowest BCUT2D eigenvalue weighted by molar-refractivity contribution is -0.119. The SMILES string of the molecule is O=C1CCC(c2ccccc2NC(=O)c2ccc(OCCN3CCCCC3)cc2)N1. The van der Waals surface area contributed by atoms with E-state index in [4.69, 9.17) is 4.74 Å². The molecule has 2 fully saturated rings. The Morgan fingerprint density at radius 2 is 1.83 bits per heavy atom. The van der Waals surface area contributed by atoms with Crippen LogP contribution in [0.3, 0.4) is 0 Å². The van der Waals surface area contributed by atoms with Crippen molar-refractivity contribution in [3.8, 4) is 5.75 Å². The van der Waals surface area contributed by atoms with Crippen LogP contribution in [0.25, 0.3) is 0 Å². The summed E-state index contributed by atoms with van der Waals surface area (Å²) in [5.41, 5.74) is 2.24. The number of nitrogens with zero attached hydrogens (tertiary/aromatic N) is 1. The lowest BCUT2D eigenvalue weighted by Crippen LogP contribution is -2.33. The van der Waals surface area contributed by atoms with Gasteiger partial charge in [-0.15, -0.1) is 0 Å². The third-order valence-corrected chi connectivity index (χ3v) is 5.82. The molecule has 158 valence electrons. The minimum atomic E-state index is -0.174. The van der Waals surface area contributed by atoms with Gasteiger partial charge in [-0.25, -0.2) is 0 Å².